The molecule has 2 aromatic rings. The number of imide groups is 1. The summed E-state index contributed by atoms with van der Waals surface area (Å²) in [5.74, 6) is -3.42. The smallest absolute Gasteiger partial charge is 0.329 e. The summed E-state index contributed by atoms with van der Waals surface area (Å²) >= 11 is 0. The Balaban J connectivity index is 2.04. The summed E-state index contributed by atoms with van der Waals surface area (Å²) in [5.41, 5.74) is 0.397. The Labute approximate surface area is 186 Å². The van der Waals surface area contributed by atoms with Gasteiger partial charge in [-0.3, -0.25) is 14.5 Å². The number of esters is 1. The predicted octanol–water partition coefficient (Wildman–Crippen LogP) is 3.69. The van der Waals surface area contributed by atoms with Crippen molar-refractivity contribution in [2.75, 3.05) is 7.11 Å². The van der Waals surface area contributed by atoms with Crippen molar-refractivity contribution in [2.24, 2.45) is 11.3 Å². The maximum atomic E-state index is 13.0. The molecule has 0 aromatic heterocycles. The molecule has 0 N–H and O–H groups in total. The molecule has 0 aliphatic carbocycles. The average molecular weight is 429 g/mol. The predicted molar refractivity (Wildman–Crippen MR) is 115 cm³/mol. The SMILES string of the molecule is COC(=O)[C@H](CC(C)(C)C(c1ccccc1)C(C#N)C#N)N1C(=O)c2ccccc2C1=O. The van der Waals surface area contributed by atoms with Gasteiger partial charge in [-0.15, -0.1) is 0 Å². The van der Waals surface area contributed by atoms with Crippen LogP contribution in [0.4, 0.5) is 0 Å². The maximum absolute atomic E-state index is 13.0. The lowest BCUT2D eigenvalue weighted by Crippen LogP contribution is -2.48. The Bertz CT molecular complexity index is 1080. The molecular weight excluding hydrogens is 406 g/mol. The Morgan fingerprint density at radius 3 is 1.94 bits per heavy atom. The van der Waals surface area contributed by atoms with E-state index in [1.165, 1.54) is 7.11 Å². The van der Waals surface area contributed by atoms with Crippen LogP contribution in [0.1, 0.15) is 52.5 Å². The fraction of sp³-hybridized carbons (Fsp3) is 0.320. The first-order chi connectivity index (χ1) is 15.3. The molecule has 0 spiro atoms. The highest BCUT2D eigenvalue weighted by atomic mass is 16.5. The number of rotatable bonds is 7. The highest BCUT2D eigenvalue weighted by Crippen LogP contribution is 2.45. The summed E-state index contributed by atoms with van der Waals surface area (Å²) in [6.45, 7) is 3.64. The molecule has 0 fully saturated rings. The molecule has 3 rings (SSSR count). The monoisotopic (exact) mass is 429 g/mol. The molecule has 1 aliphatic heterocycles. The van der Waals surface area contributed by atoms with Crippen LogP contribution in [0.2, 0.25) is 0 Å². The zero-order chi connectivity index (χ0) is 23.5. The van der Waals surface area contributed by atoms with Gasteiger partial charge >= 0.3 is 5.97 Å². The number of nitrogens with zero attached hydrogens (tertiary/aromatic N) is 3. The minimum atomic E-state index is -1.20. The molecular formula is C25H23N3O4. The summed E-state index contributed by atoms with van der Waals surface area (Å²) in [5, 5.41) is 19.3. The number of hydrogen-bond donors (Lipinski definition) is 0. The van der Waals surface area contributed by atoms with Crippen molar-refractivity contribution < 1.29 is 19.1 Å². The van der Waals surface area contributed by atoms with Crippen LogP contribution in [-0.2, 0) is 9.53 Å². The third-order valence-electron chi connectivity index (χ3n) is 5.94. The van der Waals surface area contributed by atoms with Gasteiger partial charge in [-0.1, -0.05) is 56.3 Å². The van der Waals surface area contributed by atoms with Crippen LogP contribution in [0.15, 0.2) is 54.6 Å². The molecule has 1 aliphatic rings. The molecule has 7 nitrogen and oxygen atoms in total. The fourth-order valence-electron chi connectivity index (χ4n) is 4.47. The van der Waals surface area contributed by atoms with Crippen molar-refractivity contribution in [1.82, 2.24) is 4.90 Å². The van der Waals surface area contributed by atoms with Crippen molar-refractivity contribution in [3.05, 3.63) is 71.3 Å². The van der Waals surface area contributed by atoms with Crippen LogP contribution < -0.4 is 0 Å². The van der Waals surface area contributed by atoms with Gasteiger partial charge in [0.1, 0.15) is 12.0 Å². The second kappa shape index (κ2) is 9.03. The van der Waals surface area contributed by atoms with Crippen LogP contribution >= 0.6 is 0 Å². The third-order valence-corrected chi connectivity index (χ3v) is 5.94. The molecule has 162 valence electrons. The van der Waals surface area contributed by atoms with Crippen LogP contribution in [0.3, 0.4) is 0 Å². The van der Waals surface area contributed by atoms with E-state index in [2.05, 4.69) is 0 Å². The van der Waals surface area contributed by atoms with Crippen LogP contribution in [0.25, 0.3) is 0 Å². The number of benzene rings is 2. The Morgan fingerprint density at radius 2 is 1.47 bits per heavy atom. The number of carbonyl (C=O) groups excluding carboxylic acids is 3. The quantitative estimate of drug-likeness (QED) is 0.490. The highest BCUT2D eigenvalue weighted by molar-refractivity contribution is 6.22. The fourth-order valence-corrected chi connectivity index (χ4v) is 4.47. The lowest BCUT2D eigenvalue weighted by Gasteiger charge is -2.39. The van der Waals surface area contributed by atoms with E-state index in [1.54, 1.807) is 24.3 Å². The van der Waals surface area contributed by atoms with Gasteiger partial charge in [0.15, 0.2) is 0 Å². The van der Waals surface area contributed by atoms with Gasteiger partial charge in [0, 0.05) is 5.92 Å². The number of nitriles is 2. The number of amides is 2. The van der Waals surface area contributed by atoms with E-state index < -0.39 is 41.1 Å². The number of carbonyl (C=O) groups is 3. The van der Waals surface area contributed by atoms with Gasteiger partial charge in [0.05, 0.1) is 30.4 Å². The Morgan fingerprint density at radius 1 is 0.969 bits per heavy atom. The van der Waals surface area contributed by atoms with Crippen LogP contribution in [0, 0.1) is 34.0 Å². The van der Waals surface area contributed by atoms with E-state index in [4.69, 9.17) is 4.74 Å². The second-order valence-corrected chi connectivity index (χ2v) is 8.38. The second-order valence-electron chi connectivity index (χ2n) is 8.38. The minimum absolute atomic E-state index is 0.0184. The van der Waals surface area contributed by atoms with E-state index in [-0.39, 0.29) is 17.5 Å². The number of methoxy groups -OCH3 is 1. The van der Waals surface area contributed by atoms with E-state index in [9.17, 15) is 24.9 Å². The first kappa shape index (κ1) is 22.7. The van der Waals surface area contributed by atoms with Crippen molar-refractivity contribution in [2.45, 2.75) is 32.2 Å². The highest BCUT2D eigenvalue weighted by Gasteiger charge is 2.48. The molecule has 0 saturated heterocycles. The zero-order valence-electron chi connectivity index (χ0n) is 18.1. The lowest BCUT2D eigenvalue weighted by molar-refractivity contribution is -0.146. The topological polar surface area (TPSA) is 111 Å². The maximum Gasteiger partial charge on any atom is 0.329 e. The molecule has 0 saturated carbocycles. The first-order valence-electron chi connectivity index (χ1n) is 10.2. The van der Waals surface area contributed by atoms with E-state index in [0.717, 1.165) is 10.5 Å². The molecule has 1 heterocycles. The van der Waals surface area contributed by atoms with Gasteiger partial charge < -0.3 is 4.74 Å². The van der Waals surface area contributed by atoms with Crippen molar-refractivity contribution in [3.63, 3.8) is 0 Å². The number of hydrogen-bond acceptors (Lipinski definition) is 6. The molecule has 2 amide bonds. The summed E-state index contributed by atoms with van der Waals surface area (Å²) in [4.78, 5) is 39.8. The van der Waals surface area contributed by atoms with Gasteiger partial charge in [0.25, 0.3) is 11.8 Å². The lowest BCUT2D eigenvalue weighted by atomic mass is 9.66. The molecule has 7 heteroatoms. The zero-order valence-corrected chi connectivity index (χ0v) is 18.1. The molecule has 2 atom stereocenters. The van der Waals surface area contributed by atoms with E-state index in [0.29, 0.717) is 0 Å². The minimum Gasteiger partial charge on any atom is -0.467 e. The molecule has 2 aromatic carbocycles. The van der Waals surface area contributed by atoms with Gasteiger partial charge in [-0.05, 0) is 29.5 Å². The standard InChI is InChI=1S/C25H23N3O4/c1-25(2,21(17(14-26)15-27)16-9-5-4-6-10-16)13-20(24(31)32-3)28-22(29)18-11-7-8-12-19(18)23(28)30/h4-12,17,20-21H,13H2,1-3H3/t20-,21?/m0/s1. The Hall–Kier alpha value is -3.97. The van der Waals surface area contributed by atoms with Gasteiger partial charge in [0.2, 0.25) is 0 Å². The number of ether oxygens (including phenoxy) is 1. The average Bonchev–Trinajstić information content (AvgIpc) is 3.05. The molecule has 32 heavy (non-hydrogen) atoms. The Kier molecular flexibility index (Phi) is 6.41. The third kappa shape index (κ3) is 3.98. The molecule has 0 bridgehead atoms. The number of fused-ring (bicyclic) bond motifs is 1. The molecule has 0 radical (unpaired) electrons. The van der Waals surface area contributed by atoms with E-state index >= 15 is 0 Å². The van der Waals surface area contributed by atoms with Gasteiger partial charge in [-0.25, -0.2) is 4.79 Å². The summed E-state index contributed by atoms with van der Waals surface area (Å²) in [7, 11) is 1.20. The largest absolute Gasteiger partial charge is 0.467 e. The molecule has 1 unspecified atom stereocenters. The van der Waals surface area contributed by atoms with Crippen molar-refractivity contribution in [3.8, 4) is 12.1 Å². The van der Waals surface area contributed by atoms with Crippen LogP contribution in [-0.4, -0.2) is 35.8 Å². The van der Waals surface area contributed by atoms with Gasteiger partial charge in [-0.2, -0.15) is 10.5 Å². The van der Waals surface area contributed by atoms with Crippen molar-refractivity contribution >= 4 is 17.8 Å². The van der Waals surface area contributed by atoms with Crippen molar-refractivity contribution in [1.29, 1.82) is 10.5 Å². The van der Waals surface area contributed by atoms with Crippen LogP contribution in [0.5, 0.6) is 0 Å². The summed E-state index contributed by atoms with van der Waals surface area (Å²) in [6, 6.07) is 18.4. The van der Waals surface area contributed by atoms with E-state index in [1.807, 2.05) is 56.3 Å². The normalized spacial score (nSPS) is 15.0. The first-order valence-corrected chi connectivity index (χ1v) is 10.2. The summed E-state index contributed by atoms with van der Waals surface area (Å²) < 4.78 is 4.95. The summed E-state index contributed by atoms with van der Waals surface area (Å²) in [6.07, 6.45) is 0.0184.